The molecule has 0 radical (unpaired) electrons. The molecule has 4 aromatic rings. The number of nitrogens with zero attached hydrogens (tertiary/aromatic N) is 2. The number of amides is 1. The fourth-order valence-corrected chi connectivity index (χ4v) is 3.89. The number of rotatable bonds is 8. The molecule has 0 aliphatic carbocycles. The molecule has 1 amide bonds. The first-order valence-corrected chi connectivity index (χ1v) is 11.1. The molecule has 1 atom stereocenters. The Hall–Kier alpha value is -4.04. The number of ether oxygens (including phenoxy) is 2. The Labute approximate surface area is 195 Å². The second-order valence-electron chi connectivity index (χ2n) is 7.03. The van der Waals surface area contributed by atoms with E-state index < -0.39 is 18.0 Å². The fraction of sp³-hybridized carbons (Fsp3) is 0.120. The van der Waals surface area contributed by atoms with E-state index in [1.165, 1.54) is 11.3 Å². The number of aromatic nitrogens is 2. The van der Waals surface area contributed by atoms with Crippen LogP contribution in [0.1, 0.15) is 17.4 Å². The van der Waals surface area contributed by atoms with E-state index in [1.807, 2.05) is 24.3 Å². The predicted molar refractivity (Wildman–Crippen MR) is 126 cm³/mol. The first kappa shape index (κ1) is 22.2. The zero-order chi connectivity index (χ0) is 23.0. The Morgan fingerprint density at radius 2 is 1.76 bits per heavy atom. The zero-order valence-corrected chi connectivity index (χ0v) is 18.6. The van der Waals surface area contributed by atoms with Crippen molar-refractivity contribution >= 4 is 28.9 Å². The number of nitrogens with one attached hydrogen (secondary N) is 1. The first-order valence-electron chi connectivity index (χ1n) is 10.2. The van der Waals surface area contributed by atoms with Gasteiger partial charge in [-0.05, 0) is 36.4 Å². The number of esters is 1. The van der Waals surface area contributed by atoms with Gasteiger partial charge >= 0.3 is 5.97 Å². The number of thiazole rings is 1. The summed E-state index contributed by atoms with van der Waals surface area (Å²) < 4.78 is 10.7. The molecule has 2 aromatic heterocycles. The number of carbonyl (C=O) groups is 2. The monoisotopic (exact) mass is 459 g/mol. The van der Waals surface area contributed by atoms with Crippen molar-refractivity contribution in [2.75, 3.05) is 12.4 Å². The third-order valence-corrected chi connectivity index (χ3v) is 5.62. The van der Waals surface area contributed by atoms with Gasteiger partial charge in [-0.25, -0.2) is 4.98 Å². The van der Waals surface area contributed by atoms with Gasteiger partial charge in [0.05, 0.1) is 24.9 Å². The van der Waals surface area contributed by atoms with Crippen LogP contribution in [0.2, 0.25) is 0 Å². The van der Waals surface area contributed by atoms with Gasteiger partial charge in [-0.2, -0.15) is 0 Å². The van der Waals surface area contributed by atoms with Crippen LogP contribution < -0.4 is 10.1 Å². The summed E-state index contributed by atoms with van der Waals surface area (Å²) in [5.41, 5.74) is 2.44. The number of anilines is 1. The molecule has 2 aromatic carbocycles. The van der Waals surface area contributed by atoms with Crippen LogP contribution in [0.25, 0.3) is 10.7 Å². The fourth-order valence-electron chi connectivity index (χ4n) is 3.10. The molecular formula is C25H21N3O4S. The van der Waals surface area contributed by atoms with Crippen LogP contribution >= 0.6 is 11.3 Å². The van der Waals surface area contributed by atoms with Crippen molar-refractivity contribution in [3.63, 3.8) is 0 Å². The molecular weight excluding hydrogens is 438 g/mol. The van der Waals surface area contributed by atoms with Crippen molar-refractivity contribution in [3.8, 4) is 16.5 Å². The van der Waals surface area contributed by atoms with Crippen LogP contribution in [0.4, 0.5) is 5.69 Å². The molecule has 2 heterocycles. The van der Waals surface area contributed by atoms with E-state index in [2.05, 4.69) is 15.3 Å². The summed E-state index contributed by atoms with van der Waals surface area (Å²) in [5.74, 6) is -0.328. The molecule has 1 unspecified atom stereocenters. The van der Waals surface area contributed by atoms with Crippen molar-refractivity contribution in [1.82, 2.24) is 9.97 Å². The Morgan fingerprint density at radius 3 is 2.45 bits per heavy atom. The maximum atomic E-state index is 13.0. The molecule has 0 fully saturated rings. The van der Waals surface area contributed by atoms with Crippen molar-refractivity contribution in [2.24, 2.45) is 0 Å². The standard InChI is InChI=1S/C25H21N3O4S/c1-31-20-12-10-18(11-13-20)27-24(30)23(17-7-3-2-4-8-17)32-22(29)15-19-16-33-25(28-19)21-9-5-6-14-26-21/h2-14,16,23H,15H2,1H3,(H,27,30). The average molecular weight is 460 g/mol. The van der Waals surface area contributed by atoms with Gasteiger partial charge in [0.15, 0.2) is 0 Å². The lowest BCUT2D eigenvalue weighted by molar-refractivity contribution is -0.154. The molecule has 0 bridgehead atoms. The van der Waals surface area contributed by atoms with Crippen LogP contribution in [-0.2, 0) is 20.7 Å². The molecule has 0 saturated carbocycles. The number of hydrogen-bond donors (Lipinski definition) is 1. The normalized spacial score (nSPS) is 11.4. The quantitative estimate of drug-likeness (QED) is 0.385. The summed E-state index contributed by atoms with van der Waals surface area (Å²) in [4.78, 5) is 34.5. The highest BCUT2D eigenvalue weighted by atomic mass is 32.1. The van der Waals surface area contributed by atoms with Gasteiger partial charge in [-0.3, -0.25) is 14.6 Å². The van der Waals surface area contributed by atoms with Crippen LogP contribution in [-0.4, -0.2) is 29.0 Å². The van der Waals surface area contributed by atoms with Crippen molar-refractivity contribution in [1.29, 1.82) is 0 Å². The van der Waals surface area contributed by atoms with Gasteiger partial charge < -0.3 is 14.8 Å². The van der Waals surface area contributed by atoms with Crippen LogP contribution in [0.3, 0.4) is 0 Å². The van der Waals surface area contributed by atoms with Crippen LogP contribution in [0.5, 0.6) is 5.75 Å². The summed E-state index contributed by atoms with van der Waals surface area (Å²) >= 11 is 1.40. The lowest BCUT2D eigenvalue weighted by atomic mass is 10.1. The molecule has 8 heteroatoms. The van der Waals surface area contributed by atoms with E-state index in [0.29, 0.717) is 22.7 Å². The minimum Gasteiger partial charge on any atom is -0.497 e. The highest BCUT2D eigenvalue weighted by Gasteiger charge is 2.25. The smallest absolute Gasteiger partial charge is 0.313 e. The number of benzene rings is 2. The summed E-state index contributed by atoms with van der Waals surface area (Å²) in [6.45, 7) is 0. The van der Waals surface area contributed by atoms with E-state index >= 15 is 0 Å². The van der Waals surface area contributed by atoms with Gasteiger partial charge in [0.1, 0.15) is 10.8 Å². The summed E-state index contributed by atoms with van der Waals surface area (Å²) in [5, 5.41) is 5.30. The molecule has 0 saturated heterocycles. The second kappa shape index (κ2) is 10.5. The van der Waals surface area contributed by atoms with Crippen LogP contribution in [0.15, 0.2) is 84.4 Å². The molecule has 0 aliphatic heterocycles. The van der Waals surface area contributed by atoms with Gasteiger partial charge in [0.2, 0.25) is 6.10 Å². The minimum absolute atomic E-state index is 0.0531. The van der Waals surface area contributed by atoms with Gasteiger partial charge in [0.25, 0.3) is 5.91 Å². The summed E-state index contributed by atoms with van der Waals surface area (Å²) in [7, 11) is 1.57. The second-order valence-corrected chi connectivity index (χ2v) is 7.89. The molecule has 0 spiro atoms. The van der Waals surface area contributed by atoms with E-state index in [4.69, 9.17) is 9.47 Å². The number of carbonyl (C=O) groups excluding carboxylic acids is 2. The van der Waals surface area contributed by atoms with E-state index in [0.717, 1.165) is 10.7 Å². The van der Waals surface area contributed by atoms with Crippen molar-refractivity contribution < 1.29 is 19.1 Å². The van der Waals surface area contributed by atoms with E-state index in [9.17, 15) is 9.59 Å². The number of methoxy groups -OCH3 is 1. The molecule has 166 valence electrons. The third-order valence-electron chi connectivity index (χ3n) is 4.71. The average Bonchev–Trinajstić information content (AvgIpc) is 3.32. The number of hydrogen-bond acceptors (Lipinski definition) is 7. The largest absolute Gasteiger partial charge is 0.497 e. The Morgan fingerprint density at radius 1 is 1.00 bits per heavy atom. The van der Waals surface area contributed by atoms with Gasteiger partial charge in [-0.15, -0.1) is 11.3 Å². The highest BCUT2D eigenvalue weighted by Crippen LogP contribution is 2.24. The number of pyridine rings is 1. The van der Waals surface area contributed by atoms with E-state index in [-0.39, 0.29) is 6.42 Å². The topological polar surface area (TPSA) is 90.4 Å². The Balaban J connectivity index is 1.46. The molecule has 4 rings (SSSR count). The molecule has 0 aliphatic rings. The third kappa shape index (κ3) is 5.81. The minimum atomic E-state index is -1.10. The maximum absolute atomic E-state index is 13.0. The maximum Gasteiger partial charge on any atom is 0.313 e. The summed E-state index contributed by atoms with van der Waals surface area (Å²) in [6.07, 6.45) is 0.536. The predicted octanol–water partition coefficient (Wildman–Crippen LogP) is 4.68. The lowest BCUT2D eigenvalue weighted by Crippen LogP contribution is -2.26. The Kier molecular flexibility index (Phi) is 7.06. The van der Waals surface area contributed by atoms with Crippen LogP contribution in [0, 0.1) is 0 Å². The molecule has 33 heavy (non-hydrogen) atoms. The molecule has 7 nitrogen and oxygen atoms in total. The molecule has 1 N–H and O–H groups in total. The van der Waals surface area contributed by atoms with E-state index in [1.54, 1.807) is 67.2 Å². The SMILES string of the molecule is COc1ccc(NC(=O)C(OC(=O)Cc2csc(-c3ccccn3)n2)c2ccccc2)cc1. The first-order chi connectivity index (χ1) is 16.1. The summed E-state index contributed by atoms with van der Waals surface area (Å²) in [6, 6.07) is 21.4. The highest BCUT2D eigenvalue weighted by molar-refractivity contribution is 7.13. The van der Waals surface area contributed by atoms with Gasteiger partial charge in [-0.1, -0.05) is 36.4 Å². The van der Waals surface area contributed by atoms with Crippen molar-refractivity contribution in [3.05, 3.63) is 95.6 Å². The van der Waals surface area contributed by atoms with Gasteiger partial charge in [0, 0.05) is 22.8 Å². The zero-order valence-electron chi connectivity index (χ0n) is 17.8. The Bertz CT molecular complexity index is 1210. The van der Waals surface area contributed by atoms with Crippen molar-refractivity contribution in [2.45, 2.75) is 12.5 Å². The lowest BCUT2D eigenvalue weighted by Gasteiger charge is -2.18.